The van der Waals surface area contributed by atoms with Crippen LogP contribution in [0.4, 0.5) is 10.5 Å². The molecule has 8 nitrogen and oxygen atoms in total. The number of likely N-dealkylation sites (N-methyl/N-ethyl adjacent to an activating group) is 1. The molecule has 2 heterocycles. The summed E-state index contributed by atoms with van der Waals surface area (Å²) in [6.45, 7) is 8.41. The Labute approximate surface area is 166 Å². The largest absolute Gasteiger partial charge is 0.490 e. The van der Waals surface area contributed by atoms with E-state index < -0.39 is 0 Å². The quantitative estimate of drug-likeness (QED) is 0.727. The average molecular weight is 387 g/mol. The molecule has 1 atom stereocenters. The number of aromatic nitrogens is 3. The van der Waals surface area contributed by atoms with E-state index in [1.165, 1.54) is 6.33 Å². The van der Waals surface area contributed by atoms with Gasteiger partial charge in [-0.2, -0.15) is 5.10 Å². The molecular formula is C20H30N6O2. The van der Waals surface area contributed by atoms with Crippen molar-refractivity contribution >= 4 is 11.7 Å². The molecule has 1 aromatic carbocycles. The van der Waals surface area contributed by atoms with Crippen LogP contribution in [0.1, 0.15) is 45.0 Å². The van der Waals surface area contributed by atoms with Gasteiger partial charge in [0.15, 0.2) is 0 Å². The van der Waals surface area contributed by atoms with Crippen LogP contribution in [0.25, 0.3) is 0 Å². The molecule has 1 saturated heterocycles. The minimum Gasteiger partial charge on any atom is -0.490 e. The maximum Gasteiger partial charge on any atom is 0.322 e. The standard InChI is InChI=1S/C20H30N6O2/c1-3-25(4-2)13-14-28-18-11-6-5-9-16(18)23-20(27)26-12-8-7-10-17(26)19-21-15-22-24-19/h5-6,9,11,15,17H,3-4,7-8,10,12-14H2,1-2H3,(H,23,27)(H,21,22,24). The van der Waals surface area contributed by atoms with Gasteiger partial charge in [-0.05, 0) is 44.5 Å². The first-order valence-electron chi connectivity index (χ1n) is 10.1. The van der Waals surface area contributed by atoms with E-state index in [0.29, 0.717) is 24.6 Å². The molecule has 0 spiro atoms. The normalized spacial score (nSPS) is 17.0. The fourth-order valence-corrected chi connectivity index (χ4v) is 3.54. The van der Waals surface area contributed by atoms with Crippen molar-refractivity contribution in [3.63, 3.8) is 0 Å². The molecule has 0 aliphatic carbocycles. The number of nitrogens with one attached hydrogen (secondary N) is 2. The monoisotopic (exact) mass is 386 g/mol. The summed E-state index contributed by atoms with van der Waals surface area (Å²) < 4.78 is 5.96. The fraction of sp³-hybridized carbons (Fsp3) is 0.550. The van der Waals surface area contributed by atoms with Gasteiger partial charge in [-0.3, -0.25) is 5.10 Å². The Morgan fingerprint density at radius 1 is 1.32 bits per heavy atom. The number of likely N-dealkylation sites (tertiary alicyclic amines) is 1. The van der Waals surface area contributed by atoms with Crippen molar-refractivity contribution in [2.45, 2.75) is 39.2 Å². The Hall–Kier alpha value is -2.61. The van der Waals surface area contributed by atoms with Gasteiger partial charge in [-0.15, -0.1) is 0 Å². The summed E-state index contributed by atoms with van der Waals surface area (Å²) in [4.78, 5) is 21.4. The number of H-pyrrole nitrogens is 1. The molecule has 0 saturated carbocycles. The number of hydrogen-bond acceptors (Lipinski definition) is 5. The molecule has 1 fully saturated rings. The number of aromatic amines is 1. The van der Waals surface area contributed by atoms with Gasteiger partial charge in [-0.1, -0.05) is 26.0 Å². The minimum absolute atomic E-state index is 0.0769. The number of rotatable bonds is 8. The van der Waals surface area contributed by atoms with Crippen molar-refractivity contribution in [3.8, 4) is 5.75 Å². The molecule has 2 aromatic rings. The number of carbonyl (C=O) groups is 1. The van der Waals surface area contributed by atoms with Gasteiger partial charge >= 0.3 is 6.03 Å². The lowest BCUT2D eigenvalue weighted by atomic mass is 10.0. The van der Waals surface area contributed by atoms with E-state index in [0.717, 1.165) is 44.7 Å². The second-order valence-corrected chi connectivity index (χ2v) is 6.88. The van der Waals surface area contributed by atoms with Crippen molar-refractivity contribution in [2.75, 3.05) is 38.1 Å². The molecule has 8 heteroatoms. The van der Waals surface area contributed by atoms with E-state index in [1.54, 1.807) is 0 Å². The number of anilines is 1. The van der Waals surface area contributed by atoms with Crippen molar-refractivity contribution in [1.29, 1.82) is 0 Å². The molecule has 3 rings (SSSR count). The average Bonchev–Trinajstić information content (AvgIpc) is 3.27. The second-order valence-electron chi connectivity index (χ2n) is 6.88. The van der Waals surface area contributed by atoms with Crippen LogP contribution in [-0.2, 0) is 0 Å². The highest BCUT2D eigenvalue weighted by Crippen LogP contribution is 2.30. The molecule has 0 bridgehead atoms. The number of carbonyl (C=O) groups excluding carboxylic acids is 1. The number of hydrogen-bond donors (Lipinski definition) is 2. The summed E-state index contributed by atoms with van der Waals surface area (Å²) in [6, 6.07) is 7.37. The number of piperidine rings is 1. The third-order valence-corrected chi connectivity index (χ3v) is 5.20. The summed E-state index contributed by atoms with van der Waals surface area (Å²) in [7, 11) is 0. The van der Waals surface area contributed by atoms with Crippen molar-refractivity contribution in [2.24, 2.45) is 0 Å². The number of ether oxygens (including phenoxy) is 1. The van der Waals surface area contributed by atoms with Crippen LogP contribution in [0.5, 0.6) is 5.75 Å². The second kappa shape index (κ2) is 10.1. The zero-order chi connectivity index (χ0) is 19.8. The molecule has 1 aliphatic rings. The third kappa shape index (κ3) is 5.01. The third-order valence-electron chi connectivity index (χ3n) is 5.20. The number of urea groups is 1. The topological polar surface area (TPSA) is 86.4 Å². The summed E-state index contributed by atoms with van der Waals surface area (Å²) in [6.07, 6.45) is 4.42. The van der Waals surface area contributed by atoms with Gasteiger partial charge < -0.3 is 19.9 Å². The minimum atomic E-state index is -0.138. The highest BCUT2D eigenvalue weighted by atomic mass is 16.5. The predicted molar refractivity (Wildman–Crippen MR) is 108 cm³/mol. The highest BCUT2D eigenvalue weighted by Gasteiger charge is 2.30. The van der Waals surface area contributed by atoms with Crippen LogP contribution in [0.2, 0.25) is 0 Å². The van der Waals surface area contributed by atoms with Gasteiger partial charge in [-0.25, -0.2) is 9.78 Å². The van der Waals surface area contributed by atoms with Crippen molar-refractivity contribution < 1.29 is 9.53 Å². The first-order valence-corrected chi connectivity index (χ1v) is 10.1. The van der Waals surface area contributed by atoms with Gasteiger partial charge in [0.25, 0.3) is 0 Å². The van der Waals surface area contributed by atoms with E-state index in [9.17, 15) is 4.79 Å². The number of amides is 2. The maximum atomic E-state index is 13.0. The molecule has 2 amide bonds. The summed E-state index contributed by atoms with van der Waals surface area (Å²) in [5.41, 5.74) is 0.689. The number of benzene rings is 1. The Morgan fingerprint density at radius 3 is 2.89 bits per heavy atom. The number of para-hydroxylation sites is 2. The van der Waals surface area contributed by atoms with Crippen molar-refractivity contribution in [3.05, 3.63) is 36.4 Å². The molecule has 1 unspecified atom stereocenters. The van der Waals surface area contributed by atoms with Gasteiger partial charge in [0.1, 0.15) is 24.5 Å². The fourth-order valence-electron chi connectivity index (χ4n) is 3.54. The van der Waals surface area contributed by atoms with Crippen LogP contribution in [-0.4, -0.2) is 63.8 Å². The number of nitrogens with zero attached hydrogens (tertiary/aromatic N) is 4. The first-order chi connectivity index (χ1) is 13.7. The smallest absolute Gasteiger partial charge is 0.322 e. The van der Waals surface area contributed by atoms with Crippen LogP contribution < -0.4 is 10.1 Å². The van der Waals surface area contributed by atoms with Crippen LogP contribution in [0, 0.1) is 0 Å². The van der Waals surface area contributed by atoms with E-state index in [1.807, 2.05) is 29.2 Å². The molecule has 1 aliphatic heterocycles. The zero-order valence-corrected chi connectivity index (χ0v) is 16.7. The summed E-state index contributed by atoms with van der Waals surface area (Å²) in [5.74, 6) is 1.43. The Bertz CT molecular complexity index is 732. The van der Waals surface area contributed by atoms with E-state index in [4.69, 9.17) is 4.74 Å². The lowest BCUT2D eigenvalue weighted by molar-refractivity contribution is 0.159. The van der Waals surface area contributed by atoms with E-state index >= 15 is 0 Å². The Kier molecular flexibility index (Phi) is 7.25. The summed E-state index contributed by atoms with van der Waals surface area (Å²) >= 11 is 0. The molecule has 152 valence electrons. The van der Waals surface area contributed by atoms with Gasteiger partial charge in [0, 0.05) is 13.1 Å². The maximum absolute atomic E-state index is 13.0. The Balaban J connectivity index is 1.64. The van der Waals surface area contributed by atoms with Crippen LogP contribution in [0.3, 0.4) is 0 Å². The van der Waals surface area contributed by atoms with Gasteiger partial charge in [0.05, 0.1) is 11.7 Å². The summed E-state index contributed by atoms with van der Waals surface area (Å²) in [5, 5.41) is 9.86. The van der Waals surface area contributed by atoms with E-state index in [-0.39, 0.29) is 12.1 Å². The Morgan fingerprint density at radius 2 is 2.14 bits per heavy atom. The molecule has 1 aromatic heterocycles. The van der Waals surface area contributed by atoms with Crippen LogP contribution >= 0.6 is 0 Å². The van der Waals surface area contributed by atoms with Crippen LogP contribution in [0.15, 0.2) is 30.6 Å². The predicted octanol–water partition coefficient (Wildman–Crippen LogP) is 3.28. The molecule has 2 N–H and O–H groups in total. The molecule has 0 radical (unpaired) electrons. The lowest BCUT2D eigenvalue weighted by Gasteiger charge is -2.34. The van der Waals surface area contributed by atoms with Crippen molar-refractivity contribution in [1.82, 2.24) is 25.0 Å². The SMILES string of the molecule is CCN(CC)CCOc1ccccc1NC(=O)N1CCCCC1c1ncn[nH]1. The zero-order valence-electron chi connectivity index (χ0n) is 16.7. The first kappa shape index (κ1) is 20.1. The lowest BCUT2D eigenvalue weighted by Crippen LogP contribution is -2.41. The molecule has 28 heavy (non-hydrogen) atoms. The highest BCUT2D eigenvalue weighted by molar-refractivity contribution is 5.91. The van der Waals surface area contributed by atoms with Gasteiger partial charge in [0.2, 0.25) is 0 Å². The molecular weight excluding hydrogens is 356 g/mol. The van der Waals surface area contributed by atoms with E-state index in [2.05, 4.69) is 39.2 Å².